The average Bonchev–Trinajstić information content (AvgIpc) is 3.51. The van der Waals surface area contributed by atoms with Crippen molar-refractivity contribution in [2.75, 3.05) is 24.5 Å². The number of anilines is 1. The van der Waals surface area contributed by atoms with Gasteiger partial charge in [-0.25, -0.2) is 9.97 Å². The molecule has 2 amide bonds. The van der Waals surface area contributed by atoms with E-state index in [4.69, 9.17) is 4.98 Å². The van der Waals surface area contributed by atoms with Gasteiger partial charge < -0.3 is 10.2 Å². The fraction of sp³-hybridized carbons (Fsp3) is 0.292. The van der Waals surface area contributed by atoms with Gasteiger partial charge in [0.15, 0.2) is 0 Å². The van der Waals surface area contributed by atoms with Crippen LogP contribution in [0.15, 0.2) is 52.2 Å². The molecule has 5 heterocycles. The van der Waals surface area contributed by atoms with E-state index in [9.17, 15) is 9.59 Å². The fourth-order valence-electron chi connectivity index (χ4n) is 4.08. The van der Waals surface area contributed by atoms with Gasteiger partial charge in [-0.15, -0.1) is 0 Å². The van der Waals surface area contributed by atoms with Crippen LogP contribution in [0, 0.1) is 5.92 Å². The molecule has 2 saturated heterocycles. The Balaban J connectivity index is 1.18. The molecule has 0 spiro atoms. The molecule has 0 saturated carbocycles. The van der Waals surface area contributed by atoms with Crippen molar-refractivity contribution in [3.8, 4) is 11.3 Å². The average molecular weight is 744 g/mol. The standard InChI is InChI=1S/C24H22I2N6O2S2/c25-18-11-32(23-28-6-4-15(30-23)8-21-22(33)31-24(34)36-21)12-19(26)17(18)10-27-9-16-2-1-3-20(29-16)14-5-7-35-13-14/h1-8,13,17-19,27H,9-12H2,(H,31,33,34)/b21-8-/t17?,18-,19+. The summed E-state index contributed by atoms with van der Waals surface area (Å²) in [4.78, 5) is 39.8. The van der Waals surface area contributed by atoms with Crippen molar-refractivity contribution < 1.29 is 9.59 Å². The Kier molecular flexibility index (Phi) is 8.55. The van der Waals surface area contributed by atoms with Gasteiger partial charge in [-0.1, -0.05) is 51.2 Å². The zero-order valence-electron chi connectivity index (χ0n) is 18.9. The number of amides is 2. The van der Waals surface area contributed by atoms with Crippen molar-refractivity contribution in [3.63, 3.8) is 0 Å². The van der Waals surface area contributed by atoms with Crippen LogP contribution in [0.3, 0.4) is 0 Å². The first kappa shape index (κ1) is 26.0. The normalized spacial score (nSPS) is 23.3. The SMILES string of the molecule is O=C1NC(=O)/C(=C/c2ccnc(N3C[C@@H](I)C(CNCc4cccc(-c5ccsc5)n4)[C@@H](I)C3)n2)S1. The number of thioether (sulfide) groups is 1. The van der Waals surface area contributed by atoms with Gasteiger partial charge in [0, 0.05) is 51.2 Å². The Morgan fingerprint density at radius 1 is 1.14 bits per heavy atom. The van der Waals surface area contributed by atoms with E-state index in [2.05, 4.69) is 106 Å². The number of hydrogen-bond acceptors (Lipinski definition) is 9. The van der Waals surface area contributed by atoms with Gasteiger partial charge in [0.05, 0.1) is 22.0 Å². The Morgan fingerprint density at radius 2 is 1.97 bits per heavy atom. The number of pyridine rings is 1. The first-order valence-electron chi connectivity index (χ1n) is 11.3. The second-order valence-electron chi connectivity index (χ2n) is 8.39. The van der Waals surface area contributed by atoms with Crippen LogP contribution < -0.4 is 15.5 Å². The molecule has 0 aromatic carbocycles. The van der Waals surface area contributed by atoms with E-state index >= 15 is 0 Å². The van der Waals surface area contributed by atoms with E-state index in [0.717, 1.165) is 54.9 Å². The molecule has 2 aliphatic heterocycles. The topological polar surface area (TPSA) is 100 Å². The van der Waals surface area contributed by atoms with Crippen molar-refractivity contribution in [2.45, 2.75) is 14.4 Å². The summed E-state index contributed by atoms with van der Waals surface area (Å²) in [5.41, 5.74) is 3.83. The van der Waals surface area contributed by atoms with Gasteiger partial charge in [-0.3, -0.25) is 19.9 Å². The third-order valence-electron chi connectivity index (χ3n) is 5.90. The number of thiophene rings is 1. The monoisotopic (exact) mass is 744 g/mol. The Morgan fingerprint density at radius 3 is 2.69 bits per heavy atom. The largest absolute Gasteiger partial charge is 0.339 e. The highest BCUT2D eigenvalue weighted by Crippen LogP contribution is 2.32. The molecule has 5 rings (SSSR count). The lowest BCUT2D eigenvalue weighted by atomic mass is 9.96. The Labute approximate surface area is 244 Å². The summed E-state index contributed by atoms with van der Waals surface area (Å²) in [5, 5.41) is 9.73. The van der Waals surface area contributed by atoms with E-state index in [1.54, 1.807) is 29.7 Å². The summed E-state index contributed by atoms with van der Waals surface area (Å²) < 4.78 is 0.825. The van der Waals surface area contributed by atoms with Gasteiger partial charge in [0.1, 0.15) is 0 Å². The third kappa shape index (κ3) is 6.26. The number of piperidine rings is 1. The third-order valence-corrected chi connectivity index (χ3v) is 10.0. The van der Waals surface area contributed by atoms with E-state index in [1.807, 2.05) is 0 Å². The molecule has 2 aliphatic rings. The lowest BCUT2D eigenvalue weighted by Crippen LogP contribution is -2.51. The molecule has 3 atom stereocenters. The van der Waals surface area contributed by atoms with Crippen LogP contribution in [0.5, 0.6) is 0 Å². The minimum Gasteiger partial charge on any atom is -0.339 e. The smallest absolute Gasteiger partial charge is 0.290 e. The summed E-state index contributed by atoms with van der Waals surface area (Å²) >= 11 is 7.64. The number of hydrogen-bond donors (Lipinski definition) is 2. The first-order valence-corrected chi connectivity index (χ1v) is 15.5. The number of carbonyl (C=O) groups is 2. The molecule has 3 aromatic heterocycles. The minimum atomic E-state index is -0.383. The molecule has 1 unspecified atom stereocenters. The van der Waals surface area contributed by atoms with E-state index in [1.165, 1.54) is 0 Å². The maximum absolute atomic E-state index is 11.9. The molecular formula is C24H22I2N6O2S2. The van der Waals surface area contributed by atoms with Crippen molar-refractivity contribution >= 4 is 91.5 Å². The van der Waals surface area contributed by atoms with Crippen LogP contribution in [0.4, 0.5) is 10.7 Å². The summed E-state index contributed by atoms with van der Waals surface area (Å²) in [6.07, 6.45) is 3.33. The van der Waals surface area contributed by atoms with Gasteiger partial charge >= 0.3 is 0 Å². The molecule has 2 N–H and O–H groups in total. The Hall–Kier alpha value is -1.62. The van der Waals surface area contributed by atoms with Crippen LogP contribution in [0.1, 0.15) is 11.4 Å². The zero-order valence-corrected chi connectivity index (χ0v) is 24.9. The van der Waals surface area contributed by atoms with E-state index in [-0.39, 0.29) is 11.1 Å². The molecular weight excluding hydrogens is 722 g/mol. The number of nitrogens with one attached hydrogen (secondary N) is 2. The van der Waals surface area contributed by atoms with Crippen LogP contribution in [-0.2, 0) is 11.3 Å². The predicted octanol–water partition coefficient (Wildman–Crippen LogP) is 4.76. The van der Waals surface area contributed by atoms with Crippen LogP contribution in [0.25, 0.3) is 17.3 Å². The maximum Gasteiger partial charge on any atom is 0.290 e. The van der Waals surface area contributed by atoms with Crippen molar-refractivity contribution in [1.29, 1.82) is 0 Å². The van der Waals surface area contributed by atoms with Gasteiger partial charge in [-0.2, -0.15) is 11.3 Å². The number of aromatic nitrogens is 3. The second kappa shape index (κ2) is 11.8. The highest BCUT2D eigenvalue weighted by atomic mass is 127. The lowest BCUT2D eigenvalue weighted by Gasteiger charge is -2.39. The van der Waals surface area contributed by atoms with E-state index < -0.39 is 0 Å². The number of rotatable bonds is 7. The van der Waals surface area contributed by atoms with Crippen LogP contribution >= 0.6 is 68.3 Å². The van der Waals surface area contributed by atoms with Crippen molar-refractivity contribution in [1.82, 2.24) is 25.6 Å². The molecule has 8 nitrogen and oxygen atoms in total. The maximum atomic E-state index is 11.9. The second-order valence-corrected chi connectivity index (χ2v) is 13.4. The van der Waals surface area contributed by atoms with Gasteiger partial charge in [0.25, 0.3) is 11.1 Å². The number of nitrogens with zero attached hydrogens (tertiary/aromatic N) is 4. The summed E-state index contributed by atoms with van der Waals surface area (Å²) in [7, 11) is 0. The summed E-state index contributed by atoms with van der Waals surface area (Å²) in [6.45, 7) is 3.32. The zero-order chi connectivity index (χ0) is 25.1. The molecule has 0 bridgehead atoms. The van der Waals surface area contributed by atoms with Crippen molar-refractivity contribution in [2.24, 2.45) is 5.92 Å². The summed E-state index contributed by atoms with van der Waals surface area (Å²) in [6, 6.07) is 10.0. The van der Waals surface area contributed by atoms with Gasteiger partial charge in [-0.05, 0) is 53.4 Å². The number of carbonyl (C=O) groups excluding carboxylic acids is 2. The molecule has 2 fully saturated rings. The molecule has 36 heavy (non-hydrogen) atoms. The number of imide groups is 1. The number of alkyl halides is 2. The molecule has 186 valence electrons. The van der Waals surface area contributed by atoms with Crippen LogP contribution in [-0.4, -0.2) is 53.6 Å². The Bertz CT molecular complexity index is 1280. The first-order chi connectivity index (χ1) is 17.5. The number of halogens is 2. The van der Waals surface area contributed by atoms with Gasteiger partial charge in [0.2, 0.25) is 5.95 Å². The molecule has 12 heteroatoms. The molecule has 3 aromatic rings. The minimum absolute atomic E-state index is 0.350. The fourth-order valence-corrected chi connectivity index (χ4v) is 8.65. The highest BCUT2D eigenvalue weighted by Gasteiger charge is 2.35. The summed E-state index contributed by atoms with van der Waals surface area (Å²) in [5.74, 6) is 0.757. The quantitative estimate of drug-likeness (QED) is 0.203. The predicted molar refractivity (Wildman–Crippen MR) is 162 cm³/mol. The van der Waals surface area contributed by atoms with Crippen LogP contribution in [0.2, 0.25) is 0 Å². The van der Waals surface area contributed by atoms with E-state index in [0.29, 0.717) is 30.3 Å². The van der Waals surface area contributed by atoms with Crippen molar-refractivity contribution in [3.05, 3.63) is 63.6 Å². The highest BCUT2D eigenvalue weighted by molar-refractivity contribution is 14.1. The lowest BCUT2D eigenvalue weighted by molar-refractivity contribution is -0.115. The molecule has 0 radical (unpaired) electrons. The molecule has 0 aliphatic carbocycles.